The Balaban J connectivity index is 1.40. The number of allylic oxidation sites excluding steroid dienone is 1. The third kappa shape index (κ3) is 4.83. The van der Waals surface area contributed by atoms with Crippen molar-refractivity contribution in [1.82, 2.24) is 24.1 Å². The van der Waals surface area contributed by atoms with Gasteiger partial charge in [-0.25, -0.2) is 15.0 Å². The number of para-hydroxylation sites is 3. The van der Waals surface area contributed by atoms with E-state index in [1.165, 1.54) is 10.8 Å². The van der Waals surface area contributed by atoms with Crippen molar-refractivity contribution < 1.29 is 0 Å². The summed E-state index contributed by atoms with van der Waals surface area (Å²) >= 11 is 0. The summed E-state index contributed by atoms with van der Waals surface area (Å²) in [6, 6.07) is 52.3. The van der Waals surface area contributed by atoms with Gasteiger partial charge in [-0.05, 0) is 42.5 Å². The Morgan fingerprint density at radius 2 is 0.860 bits per heavy atom. The Kier molecular flexibility index (Phi) is 7.03. The van der Waals surface area contributed by atoms with Gasteiger partial charge in [-0.3, -0.25) is 0 Å². The Morgan fingerprint density at radius 3 is 1.38 bits per heavy atom. The van der Waals surface area contributed by atoms with E-state index in [-0.39, 0.29) is 0 Å². The number of rotatable bonds is 6. The van der Waals surface area contributed by atoms with Gasteiger partial charge in [0.1, 0.15) is 0 Å². The van der Waals surface area contributed by atoms with Crippen molar-refractivity contribution in [3.8, 4) is 45.5 Å². The zero-order chi connectivity index (χ0) is 33.6. The van der Waals surface area contributed by atoms with Crippen molar-refractivity contribution in [2.75, 3.05) is 0 Å². The highest BCUT2D eigenvalue weighted by Gasteiger charge is 2.18. The van der Waals surface area contributed by atoms with E-state index in [1.54, 1.807) is 0 Å². The van der Waals surface area contributed by atoms with Crippen LogP contribution in [0.4, 0.5) is 0 Å². The van der Waals surface area contributed by atoms with Crippen LogP contribution in [0.15, 0.2) is 164 Å². The summed E-state index contributed by atoms with van der Waals surface area (Å²) in [6.07, 6.45) is 3.85. The predicted octanol–water partition coefficient (Wildman–Crippen LogP) is 9.29. The highest BCUT2D eigenvalue weighted by atomic mass is 15.0. The molecule has 0 fully saturated rings. The third-order valence-corrected chi connectivity index (χ3v) is 9.25. The van der Waals surface area contributed by atoms with E-state index in [2.05, 4.69) is 113 Å². The van der Waals surface area contributed by atoms with Crippen LogP contribution in [0.25, 0.3) is 90.9 Å². The highest BCUT2D eigenvalue weighted by Crippen LogP contribution is 2.35. The van der Waals surface area contributed by atoms with Gasteiger partial charge >= 0.3 is 0 Å². The van der Waals surface area contributed by atoms with Gasteiger partial charge in [0, 0.05) is 49.4 Å². The minimum Gasteiger partial charge on any atom is -0.309 e. The fraction of sp³-hybridized carbons (Fsp3) is 0. The molecule has 0 unspecified atom stereocenters. The first kappa shape index (κ1) is 29.3. The molecule has 5 nitrogen and oxygen atoms in total. The van der Waals surface area contributed by atoms with Crippen molar-refractivity contribution in [3.05, 3.63) is 175 Å². The Bertz CT molecular complexity index is 2740. The quantitative estimate of drug-likeness (QED) is 0.182. The molecule has 3 aromatic heterocycles. The van der Waals surface area contributed by atoms with Crippen molar-refractivity contribution in [2.24, 2.45) is 0 Å². The van der Waals surface area contributed by atoms with E-state index >= 15 is 0 Å². The number of nitrogens with zero attached hydrogens (tertiary/aromatic N) is 5. The van der Waals surface area contributed by atoms with Crippen molar-refractivity contribution in [2.45, 2.75) is 0 Å². The lowest BCUT2D eigenvalue weighted by Crippen LogP contribution is -2.27. The lowest BCUT2D eigenvalue weighted by Gasteiger charge is -2.15. The molecule has 50 heavy (non-hydrogen) atoms. The van der Waals surface area contributed by atoms with Gasteiger partial charge in [0.15, 0.2) is 17.5 Å². The van der Waals surface area contributed by atoms with Crippen LogP contribution in [-0.4, -0.2) is 24.1 Å². The van der Waals surface area contributed by atoms with Crippen molar-refractivity contribution >= 4 is 45.4 Å². The fourth-order valence-corrected chi connectivity index (χ4v) is 7.01. The molecule has 0 aliphatic rings. The van der Waals surface area contributed by atoms with Crippen LogP contribution < -0.4 is 10.6 Å². The number of hydrogen-bond acceptors (Lipinski definition) is 3. The lowest BCUT2D eigenvalue weighted by atomic mass is 10.1. The van der Waals surface area contributed by atoms with Crippen molar-refractivity contribution in [1.29, 1.82) is 0 Å². The van der Waals surface area contributed by atoms with E-state index in [0.717, 1.165) is 60.6 Å². The fourth-order valence-electron chi connectivity index (χ4n) is 7.01. The Labute approximate surface area is 289 Å². The molecule has 236 valence electrons. The van der Waals surface area contributed by atoms with Gasteiger partial charge in [-0.1, -0.05) is 134 Å². The molecule has 0 amide bonds. The molecule has 0 spiro atoms. The highest BCUT2D eigenvalue weighted by molar-refractivity contribution is 6.09. The first-order valence-corrected chi connectivity index (χ1v) is 16.6. The average Bonchev–Trinajstić information content (AvgIpc) is 3.67. The molecule has 0 saturated heterocycles. The summed E-state index contributed by atoms with van der Waals surface area (Å²) in [5.74, 6) is 1.82. The normalized spacial score (nSPS) is 11.9. The third-order valence-electron chi connectivity index (χ3n) is 9.25. The number of aromatic nitrogens is 5. The molecule has 0 saturated carbocycles. The molecule has 0 bridgehead atoms. The van der Waals surface area contributed by atoms with E-state index < -0.39 is 0 Å². The second kappa shape index (κ2) is 12.0. The zero-order valence-corrected chi connectivity index (χ0v) is 27.2. The van der Waals surface area contributed by atoms with Crippen LogP contribution in [0.5, 0.6) is 0 Å². The maximum Gasteiger partial charge on any atom is 0.164 e. The second-order valence-corrected chi connectivity index (χ2v) is 12.3. The topological polar surface area (TPSA) is 48.5 Å². The minimum atomic E-state index is 0.585. The lowest BCUT2D eigenvalue weighted by molar-refractivity contribution is 1.05. The van der Waals surface area contributed by atoms with Crippen LogP contribution in [0.3, 0.4) is 0 Å². The summed E-state index contributed by atoms with van der Waals surface area (Å²) in [5, 5.41) is 5.39. The maximum absolute atomic E-state index is 5.13. The second-order valence-electron chi connectivity index (χ2n) is 12.3. The first-order chi connectivity index (χ1) is 24.7. The van der Waals surface area contributed by atoms with Crippen LogP contribution in [0.2, 0.25) is 0 Å². The van der Waals surface area contributed by atoms with E-state index in [9.17, 15) is 0 Å². The summed E-state index contributed by atoms with van der Waals surface area (Å²) < 4.78 is 4.60. The van der Waals surface area contributed by atoms with Gasteiger partial charge in [-0.15, -0.1) is 0 Å². The minimum absolute atomic E-state index is 0.585. The van der Waals surface area contributed by atoms with Crippen LogP contribution in [-0.2, 0) is 0 Å². The summed E-state index contributed by atoms with van der Waals surface area (Å²) in [5.41, 5.74) is 7.96. The maximum atomic E-state index is 5.13. The molecule has 0 atom stereocenters. The van der Waals surface area contributed by atoms with Crippen LogP contribution in [0.1, 0.15) is 0 Å². The number of benzene rings is 6. The number of hydrogen-bond donors (Lipinski definition) is 0. The standard InChI is InChI=1S/C45H31N5/c1-3-16-39-30(2)36-21-10-13-24-40(36)49(39)34-27-33(28-35(29-34)50-41-25-14-11-22-37(41)38-23-12-15-26-42(38)50)45-47-43(31-17-6-4-7-18-31)46-44(48-45)32-19-8-5-9-20-32/h3-29H,1-2H2/b39-16+. The Hall–Kier alpha value is -6.85. The summed E-state index contributed by atoms with van der Waals surface area (Å²) in [4.78, 5) is 15.2. The van der Waals surface area contributed by atoms with Crippen LogP contribution in [0, 0.1) is 0 Å². The van der Waals surface area contributed by atoms with Crippen molar-refractivity contribution in [3.63, 3.8) is 0 Å². The predicted molar refractivity (Wildman–Crippen MR) is 207 cm³/mol. The summed E-state index contributed by atoms with van der Waals surface area (Å²) in [6.45, 7) is 8.54. The van der Waals surface area contributed by atoms with E-state index in [0.29, 0.717) is 17.5 Å². The van der Waals surface area contributed by atoms with E-state index in [4.69, 9.17) is 15.0 Å². The molecule has 5 heteroatoms. The molecule has 9 rings (SSSR count). The molecule has 0 aliphatic heterocycles. The SMILES string of the molecule is C=C/C=c1\c(=C)c2ccccc2n1-c1cc(-c2nc(-c3ccccc3)nc(-c3ccccc3)n2)cc(-n2c3ccccc3c3ccccc32)c1. The molecular formula is C45H31N5. The van der Waals surface area contributed by atoms with Gasteiger partial charge in [0.25, 0.3) is 0 Å². The smallest absolute Gasteiger partial charge is 0.164 e. The van der Waals surface area contributed by atoms with Gasteiger partial charge in [0.05, 0.1) is 21.9 Å². The number of fused-ring (bicyclic) bond motifs is 4. The van der Waals surface area contributed by atoms with Gasteiger partial charge < -0.3 is 9.13 Å². The molecule has 0 N–H and O–H groups in total. The largest absolute Gasteiger partial charge is 0.309 e. The summed E-state index contributed by atoms with van der Waals surface area (Å²) in [7, 11) is 0. The average molecular weight is 642 g/mol. The molecule has 6 aromatic carbocycles. The van der Waals surface area contributed by atoms with Gasteiger partial charge in [0.2, 0.25) is 0 Å². The molecular weight excluding hydrogens is 611 g/mol. The van der Waals surface area contributed by atoms with E-state index in [1.807, 2.05) is 72.8 Å². The monoisotopic (exact) mass is 641 g/mol. The van der Waals surface area contributed by atoms with Crippen LogP contribution >= 0.6 is 0 Å². The molecule has 9 aromatic rings. The molecule has 3 heterocycles. The molecule has 0 radical (unpaired) electrons. The molecule has 0 aliphatic carbocycles. The van der Waals surface area contributed by atoms with Gasteiger partial charge in [-0.2, -0.15) is 0 Å². The first-order valence-electron chi connectivity index (χ1n) is 16.6. The Morgan fingerprint density at radius 1 is 0.440 bits per heavy atom. The zero-order valence-electron chi connectivity index (χ0n) is 27.2.